The molecule has 0 unspecified atom stereocenters. The van der Waals surface area contributed by atoms with E-state index in [-0.39, 0.29) is 18.2 Å². The van der Waals surface area contributed by atoms with Crippen molar-refractivity contribution in [2.24, 2.45) is 0 Å². The predicted octanol–water partition coefficient (Wildman–Crippen LogP) is 1.82. The van der Waals surface area contributed by atoms with Crippen molar-refractivity contribution in [3.8, 4) is 5.75 Å². The number of rotatable bonds is 4. The summed E-state index contributed by atoms with van der Waals surface area (Å²) < 4.78 is 39.9. The Labute approximate surface area is 126 Å². The van der Waals surface area contributed by atoms with Crippen LogP contribution in [-0.2, 0) is 4.79 Å². The summed E-state index contributed by atoms with van der Waals surface area (Å²) in [6.45, 7) is 3.70. The summed E-state index contributed by atoms with van der Waals surface area (Å²) in [5.74, 6) is -0.504. The van der Waals surface area contributed by atoms with Crippen LogP contribution < -0.4 is 15.4 Å². The van der Waals surface area contributed by atoms with Gasteiger partial charge in [0.05, 0.1) is 6.54 Å². The first-order valence-corrected chi connectivity index (χ1v) is 7.01. The van der Waals surface area contributed by atoms with Gasteiger partial charge in [-0.05, 0) is 43.8 Å². The molecule has 1 heterocycles. The second-order valence-corrected chi connectivity index (χ2v) is 5.00. The number of ether oxygens (including phenoxy) is 1. The first-order valence-electron chi connectivity index (χ1n) is 7.01. The first kappa shape index (κ1) is 16.6. The number of benzene rings is 1. The fourth-order valence-corrected chi connectivity index (χ4v) is 2.20. The molecule has 5 nitrogen and oxygen atoms in total. The van der Waals surface area contributed by atoms with Crippen LogP contribution in [0.2, 0.25) is 0 Å². The van der Waals surface area contributed by atoms with E-state index in [0.29, 0.717) is 5.69 Å². The molecule has 1 saturated heterocycles. The Bertz CT molecular complexity index is 483. The van der Waals surface area contributed by atoms with Crippen LogP contribution in [0.15, 0.2) is 24.3 Å². The molecule has 1 amide bonds. The molecule has 0 atom stereocenters. The highest BCUT2D eigenvalue weighted by Gasteiger charge is 2.30. The molecule has 1 aliphatic heterocycles. The summed E-state index contributed by atoms with van der Waals surface area (Å²) in [6.07, 6.45) is -3.73. The van der Waals surface area contributed by atoms with Gasteiger partial charge in [0, 0.05) is 18.8 Å². The molecule has 1 aromatic carbocycles. The van der Waals surface area contributed by atoms with E-state index < -0.39 is 6.36 Å². The van der Waals surface area contributed by atoms with Gasteiger partial charge in [-0.15, -0.1) is 13.2 Å². The lowest BCUT2D eigenvalue weighted by molar-refractivity contribution is -0.274. The van der Waals surface area contributed by atoms with Crippen molar-refractivity contribution in [3.05, 3.63) is 24.3 Å². The van der Waals surface area contributed by atoms with E-state index in [1.54, 1.807) is 0 Å². The van der Waals surface area contributed by atoms with Crippen LogP contribution in [0.4, 0.5) is 18.9 Å². The number of carbonyl (C=O) groups is 1. The molecule has 1 fully saturated rings. The van der Waals surface area contributed by atoms with Gasteiger partial charge in [0.1, 0.15) is 5.75 Å². The van der Waals surface area contributed by atoms with E-state index >= 15 is 0 Å². The normalized spacial score (nSPS) is 16.9. The van der Waals surface area contributed by atoms with E-state index in [1.807, 2.05) is 4.90 Å². The number of halogens is 3. The minimum absolute atomic E-state index is 0.189. The van der Waals surface area contributed by atoms with Gasteiger partial charge in [-0.1, -0.05) is 0 Å². The van der Waals surface area contributed by atoms with Crippen molar-refractivity contribution in [3.63, 3.8) is 0 Å². The highest BCUT2D eigenvalue weighted by atomic mass is 19.4. The molecule has 0 aromatic heterocycles. The Kier molecular flexibility index (Phi) is 5.62. The quantitative estimate of drug-likeness (QED) is 0.889. The number of hydrogen-bond donors (Lipinski definition) is 2. The smallest absolute Gasteiger partial charge is 0.406 e. The van der Waals surface area contributed by atoms with Gasteiger partial charge in [0.25, 0.3) is 0 Å². The number of anilines is 1. The fraction of sp³-hybridized carbons (Fsp3) is 0.500. The number of amides is 1. The monoisotopic (exact) mass is 317 g/mol. The number of carbonyl (C=O) groups excluding carboxylic acids is 1. The molecular weight excluding hydrogens is 299 g/mol. The zero-order valence-corrected chi connectivity index (χ0v) is 11.9. The maximum absolute atomic E-state index is 12.0. The van der Waals surface area contributed by atoms with Crippen molar-refractivity contribution < 1.29 is 22.7 Å². The maximum atomic E-state index is 12.0. The molecule has 122 valence electrons. The third kappa shape index (κ3) is 5.90. The van der Waals surface area contributed by atoms with Gasteiger partial charge < -0.3 is 15.4 Å². The molecule has 2 N–H and O–H groups in total. The zero-order chi connectivity index (χ0) is 16.0. The van der Waals surface area contributed by atoms with Gasteiger partial charge in [-0.25, -0.2) is 0 Å². The Hall–Kier alpha value is -1.80. The summed E-state index contributed by atoms with van der Waals surface area (Å²) >= 11 is 0. The average molecular weight is 317 g/mol. The molecule has 8 heteroatoms. The lowest BCUT2D eigenvalue weighted by Crippen LogP contribution is -2.35. The average Bonchev–Trinajstić information content (AvgIpc) is 2.68. The Morgan fingerprint density at radius 3 is 2.64 bits per heavy atom. The summed E-state index contributed by atoms with van der Waals surface area (Å²) in [6, 6.07) is 5.09. The molecule has 0 aliphatic carbocycles. The third-order valence-corrected chi connectivity index (χ3v) is 3.17. The first-order chi connectivity index (χ1) is 10.4. The molecule has 1 aromatic rings. The highest BCUT2D eigenvalue weighted by Crippen LogP contribution is 2.23. The lowest BCUT2D eigenvalue weighted by atomic mass is 10.3. The van der Waals surface area contributed by atoms with E-state index in [4.69, 9.17) is 0 Å². The predicted molar refractivity (Wildman–Crippen MR) is 75.7 cm³/mol. The van der Waals surface area contributed by atoms with E-state index in [1.165, 1.54) is 24.3 Å². The summed E-state index contributed by atoms with van der Waals surface area (Å²) in [5.41, 5.74) is 0.437. The highest BCUT2D eigenvalue weighted by molar-refractivity contribution is 5.92. The number of alkyl halides is 3. The van der Waals surface area contributed by atoms with Crippen LogP contribution in [0.3, 0.4) is 0 Å². The maximum Gasteiger partial charge on any atom is 0.573 e. The van der Waals surface area contributed by atoms with Crippen molar-refractivity contribution in [1.29, 1.82) is 0 Å². The SMILES string of the molecule is O=C(CN1CCCNCC1)Nc1ccc(OC(F)(F)F)cc1. The molecule has 0 spiro atoms. The Balaban J connectivity index is 1.83. The van der Waals surface area contributed by atoms with Gasteiger partial charge in [0.2, 0.25) is 5.91 Å². The number of hydrogen-bond acceptors (Lipinski definition) is 4. The second kappa shape index (κ2) is 7.46. The molecule has 22 heavy (non-hydrogen) atoms. The Morgan fingerprint density at radius 1 is 1.23 bits per heavy atom. The summed E-state index contributed by atoms with van der Waals surface area (Å²) in [5, 5.41) is 5.91. The molecule has 0 bridgehead atoms. The van der Waals surface area contributed by atoms with Crippen LogP contribution in [0, 0.1) is 0 Å². The summed E-state index contributed by atoms with van der Waals surface area (Å²) in [7, 11) is 0. The van der Waals surface area contributed by atoms with E-state index in [9.17, 15) is 18.0 Å². The lowest BCUT2D eigenvalue weighted by Gasteiger charge is -2.18. The van der Waals surface area contributed by atoms with Crippen molar-refractivity contribution in [2.45, 2.75) is 12.8 Å². The van der Waals surface area contributed by atoms with Crippen molar-refractivity contribution >= 4 is 11.6 Å². The zero-order valence-electron chi connectivity index (χ0n) is 11.9. The van der Waals surface area contributed by atoms with Gasteiger partial charge in [-0.3, -0.25) is 9.69 Å². The van der Waals surface area contributed by atoms with Crippen molar-refractivity contribution in [2.75, 3.05) is 38.0 Å². The van der Waals surface area contributed by atoms with Gasteiger partial charge in [0.15, 0.2) is 0 Å². The largest absolute Gasteiger partial charge is 0.573 e. The third-order valence-electron chi connectivity index (χ3n) is 3.17. The van der Waals surface area contributed by atoms with Crippen LogP contribution in [0.1, 0.15) is 6.42 Å². The molecule has 1 aliphatic rings. The molecule has 0 radical (unpaired) electrons. The fourth-order valence-electron chi connectivity index (χ4n) is 2.20. The van der Waals surface area contributed by atoms with Gasteiger partial charge >= 0.3 is 6.36 Å². The molecule has 0 saturated carbocycles. The minimum atomic E-state index is -4.72. The number of nitrogens with one attached hydrogen (secondary N) is 2. The molecule has 2 rings (SSSR count). The standard InChI is InChI=1S/C14H18F3N3O2/c15-14(16,17)22-12-4-2-11(3-5-12)19-13(21)10-20-8-1-6-18-7-9-20/h2-5,18H,1,6-10H2,(H,19,21). The van der Waals surface area contributed by atoms with Crippen LogP contribution in [0.25, 0.3) is 0 Å². The second-order valence-electron chi connectivity index (χ2n) is 5.00. The minimum Gasteiger partial charge on any atom is -0.406 e. The molecular formula is C14H18F3N3O2. The van der Waals surface area contributed by atoms with Crippen LogP contribution >= 0.6 is 0 Å². The van der Waals surface area contributed by atoms with E-state index in [0.717, 1.165) is 32.6 Å². The van der Waals surface area contributed by atoms with E-state index in [2.05, 4.69) is 15.4 Å². The Morgan fingerprint density at radius 2 is 1.95 bits per heavy atom. The van der Waals surface area contributed by atoms with Gasteiger partial charge in [-0.2, -0.15) is 0 Å². The van der Waals surface area contributed by atoms with Crippen molar-refractivity contribution in [1.82, 2.24) is 10.2 Å². The topological polar surface area (TPSA) is 53.6 Å². The van der Waals surface area contributed by atoms with Crippen LogP contribution in [0.5, 0.6) is 5.75 Å². The number of nitrogens with zero attached hydrogens (tertiary/aromatic N) is 1. The van der Waals surface area contributed by atoms with Crippen LogP contribution in [-0.4, -0.2) is 49.9 Å². The summed E-state index contributed by atoms with van der Waals surface area (Å²) in [4.78, 5) is 14.0.